The van der Waals surface area contributed by atoms with Crippen molar-refractivity contribution < 1.29 is 9.84 Å². The van der Waals surface area contributed by atoms with Crippen molar-refractivity contribution in [3.63, 3.8) is 0 Å². The highest BCUT2D eigenvalue weighted by Gasteiger charge is 2.31. The fraction of sp³-hybridized carbons (Fsp3) is 0.611. The van der Waals surface area contributed by atoms with Gasteiger partial charge in [-0.25, -0.2) is 0 Å². The van der Waals surface area contributed by atoms with Crippen molar-refractivity contribution in [2.24, 2.45) is 4.99 Å². The van der Waals surface area contributed by atoms with Crippen LogP contribution in [0.5, 0.6) is 5.75 Å². The number of benzene rings is 1. The molecule has 1 unspecified atom stereocenters. The second-order valence-electron chi connectivity index (χ2n) is 6.28. The van der Waals surface area contributed by atoms with Gasteiger partial charge in [-0.2, -0.15) is 11.8 Å². The molecule has 0 bridgehead atoms. The number of nitrogens with one attached hydrogen (secondary N) is 1. The Morgan fingerprint density at radius 1 is 1.42 bits per heavy atom. The normalized spacial score (nSPS) is 20.9. The van der Waals surface area contributed by atoms with E-state index >= 15 is 0 Å². The van der Waals surface area contributed by atoms with Gasteiger partial charge in [-0.05, 0) is 38.2 Å². The van der Waals surface area contributed by atoms with Crippen LogP contribution in [0, 0.1) is 6.92 Å². The number of hydrogen-bond acceptors (Lipinski definition) is 4. The van der Waals surface area contributed by atoms with Crippen molar-refractivity contribution >= 4 is 17.7 Å². The van der Waals surface area contributed by atoms with E-state index < -0.39 is 5.60 Å². The summed E-state index contributed by atoms with van der Waals surface area (Å²) < 4.78 is 5.78. The highest BCUT2D eigenvalue weighted by atomic mass is 32.2. The Morgan fingerprint density at radius 2 is 2.17 bits per heavy atom. The van der Waals surface area contributed by atoms with Gasteiger partial charge in [-0.1, -0.05) is 17.7 Å². The second-order valence-corrected chi connectivity index (χ2v) is 7.39. The Morgan fingerprint density at radius 3 is 2.79 bits per heavy atom. The summed E-state index contributed by atoms with van der Waals surface area (Å²) in [5.74, 6) is 3.49. The molecule has 1 aromatic carbocycles. The van der Waals surface area contributed by atoms with Crippen LogP contribution < -0.4 is 10.1 Å². The number of rotatable bonds is 7. The van der Waals surface area contributed by atoms with Gasteiger partial charge in [0, 0.05) is 19.3 Å². The lowest BCUT2D eigenvalue weighted by molar-refractivity contribution is 0.0776. The first-order valence-corrected chi connectivity index (χ1v) is 9.67. The van der Waals surface area contributed by atoms with E-state index in [2.05, 4.69) is 17.2 Å². The van der Waals surface area contributed by atoms with Crippen molar-refractivity contribution in [3.8, 4) is 5.75 Å². The van der Waals surface area contributed by atoms with E-state index in [1.807, 2.05) is 43.1 Å². The molecule has 0 saturated carbocycles. The summed E-state index contributed by atoms with van der Waals surface area (Å²) in [6.45, 7) is 6.68. The SMILES string of the molecule is CCNC(=NCC1(O)CCSC1)N(C)CCOc1ccc(C)cc1. The molecule has 1 aliphatic heterocycles. The maximum Gasteiger partial charge on any atom is 0.193 e. The van der Waals surface area contributed by atoms with Crippen LogP contribution in [0.3, 0.4) is 0 Å². The highest BCUT2D eigenvalue weighted by molar-refractivity contribution is 7.99. The van der Waals surface area contributed by atoms with Crippen LogP contribution in [0.2, 0.25) is 0 Å². The van der Waals surface area contributed by atoms with E-state index in [9.17, 15) is 5.11 Å². The zero-order valence-electron chi connectivity index (χ0n) is 14.9. The first-order valence-electron chi connectivity index (χ1n) is 8.51. The molecule has 1 saturated heterocycles. The van der Waals surface area contributed by atoms with Crippen LogP contribution in [0.15, 0.2) is 29.3 Å². The van der Waals surface area contributed by atoms with Crippen LogP contribution in [0.25, 0.3) is 0 Å². The Bertz CT molecular complexity index is 528. The number of aryl methyl sites for hydroxylation is 1. The van der Waals surface area contributed by atoms with Gasteiger partial charge >= 0.3 is 0 Å². The largest absolute Gasteiger partial charge is 0.492 e. The van der Waals surface area contributed by atoms with E-state index in [4.69, 9.17) is 4.74 Å². The lowest BCUT2D eigenvalue weighted by atomic mass is 10.1. The van der Waals surface area contributed by atoms with E-state index in [0.717, 1.165) is 42.7 Å². The molecule has 6 heteroatoms. The van der Waals surface area contributed by atoms with Crippen LogP contribution in [-0.4, -0.2) is 66.4 Å². The number of aliphatic hydroxyl groups is 1. The third-order valence-electron chi connectivity index (χ3n) is 4.02. The third-order valence-corrected chi connectivity index (χ3v) is 5.25. The summed E-state index contributed by atoms with van der Waals surface area (Å²) in [6.07, 6.45) is 0.820. The molecule has 5 nitrogen and oxygen atoms in total. The molecular formula is C18H29N3O2S. The Hall–Kier alpha value is -1.40. The van der Waals surface area contributed by atoms with Gasteiger partial charge in [0.1, 0.15) is 12.4 Å². The number of nitrogens with zero attached hydrogens (tertiary/aromatic N) is 2. The van der Waals surface area contributed by atoms with Crippen LogP contribution in [0.1, 0.15) is 18.9 Å². The summed E-state index contributed by atoms with van der Waals surface area (Å²) in [5.41, 5.74) is 0.578. The molecule has 134 valence electrons. The molecule has 2 N–H and O–H groups in total. The van der Waals surface area contributed by atoms with Gasteiger partial charge in [0.2, 0.25) is 0 Å². The highest BCUT2D eigenvalue weighted by Crippen LogP contribution is 2.27. The first-order chi connectivity index (χ1) is 11.5. The maximum atomic E-state index is 10.4. The molecule has 0 spiro atoms. The molecule has 24 heavy (non-hydrogen) atoms. The number of guanidine groups is 1. The minimum absolute atomic E-state index is 0.450. The van der Waals surface area contributed by atoms with Gasteiger partial charge in [0.15, 0.2) is 5.96 Å². The molecule has 1 heterocycles. The second kappa shape index (κ2) is 9.18. The van der Waals surface area contributed by atoms with Crippen molar-refractivity contribution in [1.29, 1.82) is 0 Å². The van der Waals surface area contributed by atoms with Gasteiger partial charge in [-0.15, -0.1) is 0 Å². The molecule has 2 rings (SSSR count). The molecule has 1 fully saturated rings. The Balaban J connectivity index is 1.83. The van der Waals surface area contributed by atoms with E-state index in [1.54, 1.807) is 11.8 Å². The number of hydrogen-bond donors (Lipinski definition) is 2. The molecule has 0 radical (unpaired) electrons. The van der Waals surface area contributed by atoms with E-state index in [-0.39, 0.29) is 0 Å². The maximum absolute atomic E-state index is 10.4. The number of aliphatic imine (C=N–C) groups is 1. The fourth-order valence-electron chi connectivity index (χ4n) is 2.45. The molecule has 1 atom stereocenters. The summed E-state index contributed by atoms with van der Waals surface area (Å²) in [7, 11) is 1.99. The Kier molecular flexibility index (Phi) is 7.24. The zero-order valence-corrected chi connectivity index (χ0v) is 15.7. The summed E-state index contributed by atoms with van der Waals surface area (Å²) >= 11 is 1.79. The number of likely N-dealkylation sites (N-methyl/N-ethyl adjacent to an activating group) is 1. The van der Waals surface area contributed by atoms with Gasteiger partial charge in [0.25, 0.3) is 0 Å². The molecule has 1 aromatic rings. The zero-order chi connectivity index (χ0) is 17.4. The predicted molar refractivity (Wildman–Crippen MR) is 102 cm³/mol. The summed E-state index contributed by atoms with van der Waals surface area (Å²) in [5, 5.41) is 13.7. The molecule has 0 amide bonds. The van der Waals surface area contributed by atoms with Crippen molar-refractivity contribution in [1.82, 2.24) is 10.2 Å². The first kappa shape index (κ1) is 18.9. The lowest BCUT2D eigenvalue weighted by Gasteiger charge is -2.24. The monoisotopic (exact) mass is 351 g/mol. The fourth-order valence-corrected chi connectivity index (χ4v) is 3.74. The number of thioether (sulfide) groups is 1. The standard InChI is InChI=1S/C18H29N3O2S/c1-4-19-17(20-13-18(22)9-12-24-14-18)21(3)10-11-23-16-7-5-15(2)6-8-16/h5-8,22H,4,9-14H2,1-3H3,(H,19,20). The van der Waals surface area contributed by atoms with Gasteiger partial charge < -0.3 is 20.1 Å². The third kappa shape index (κ3) is 5.91. The predicted octanol–water partition coefficient (Wildman–Crippen LogP) is 2.14. The quantitative estimate of drug-likeness (QED) is 0.582. The van der Waals surface area contributed by atoms with Crippen molar-refractivity contribution in [2.45, 2.75) is 25.9 Å². The molecule has 0 aromatic heterocycles. The minimum Gasteiger partial charge on any atom is -0.492 e. The minimum atomic E-state index is -0.648. The van der Waals surface area contributed by atoms with Crippen LogP contribution >= 0.6 is 11.8 Å². The van der Waals surface area contributed by atoms with Gasteiger partial charge in [0.05, 0.1) is 18.7 Å². The lowest BCUT2D eigenvalue weighted by Crippen LogP contribution is -2.42. The number of ether oxygens (including phenoxy) is 1. The average molecular weight is 352 g/mol. The molecule has 0 aliphatic carbocycles. The van der Waals surface area contributed by atoms with Gasteiger partial charge in [-0.3, -0.25) is 4.99 Å². The smallest absolute Gasteiger partial charge is 0.193 e. The van der Waals surface area contributed by atoms with E-state index in [0.29, 0.717) is 13.2 Å². The van der Waals surface area contributed by atoms with Crippen molar-refractivity contribution in [2.75, 3.05) is 44.8 Å². The Labute approximate surface area is 149 Å². The van der Waals surface area contributed by atoms with Crippen molar-refractivity contribution in [3.05, 3.63) is 29.8 Å². The summed E-state index contributed by atoms with van der Waals surface area (Å²) in [4.78, 5) is 6.66. The average Bonchev–Trinajstić information content (AvgIpc) is 3.00. The van der Waals surface area contributed by atoms with Crippen LogP contribution in [0.4, 0.5) is 0 Å². The molecule has 1 aliphatic rings. The molecular weight excluding hydrogens is 322 g/mol. The summed E-state index contributed by atoms with van der Waals surface area (Å²) in [6, 6.07) is 8.07. The van der Waals surface area contributed by atoms with Crippen LogP contribution in [-0.2, 0) is 0 Å². The topological polar surface area (TPSA) is 57.1 Å². The van der Waals surface area contributed by atoms with E-state index in [1.165, 1.54) is 5.56 Å².